The molecule has 1 N–H and O–H groups in total. The summed E-state index contributed by atoms with van der Waals surface area (Å²) in [7, 11) is 0. The minimum Gasteiger partial charge on any atom is -0.437 e. The molecule has 0 aliphatic heterocycles. The van der Waals surface area contributed by atoms with Gasteiger partial charge in [-0.1, -0.05) is 31.5 Å². The maximum atomic E-state index is 5.87. The normalized spacial score (nSPS) is 10.8. The van der Waals surface area contributed by atoms with E-state index < -0.39 is 0 Å². The predicted octanol–water partition coefficient (Wildman–Crippen LogP) is 3.73. The third-order valence-electron chi connectivity index (χ3n) is 2.77. The minimum absolute atomic E-state index is 0.447. The molecule has 0 fully saturated rings. The smallest absolute Gasteiger partial charge is 0.219 e. The van der Waals surface area contributed by atoms with Crippen molar-refractivity contribution in [1.82, 2.24) is 15.3 Å². The molecule has 0 radical (unpaired) electrons. The first kappa shape index (κ1) is 14.8. The number of pyridine rings is 2. The molecule has 5 heteroatoms. The highest BCUT2D eigenvalue weighted by Gasteiger charge is 2.05. The van der Waals surface area contributed by atoms with Crippen LogP contribution in [0.5, 0.6) is 11.6 Å². The second-order valence-corrected chi connectivity index (χ2v) is 5.31. The summed E-state index contributed by atoms with van der Waals surface area (Å²) < 4.78 is 5.64. The van der Waals surface area contributed by atoms with E-state index >= 15 is 0 Å². The maximum Gasteiger partial charge on any atom is 0.219 e. The highest BCUT2D eigenvalue weighted by Crippen LogP contribution is 2.22. The first-order chi connectivity index (χ1) is 9.54. The SMILES string of the molecule is Cc1nc(Oc2cncc(Cl)c2)ccc1CNC(C)C. The summed E-state index contributed by atoms with van der Waals surface area (Å²) in [4.78, 5) is 8.42. The first-order valence-corrected chi connectivity index (χ1v) is 6.90. The summed E-state index contributed by atoms with van der Waals surface area (Å²) in [5.41, 5.74) is 2.11. The van der Waals surface area contributed by atoms with Gasteiger partial charge in [-0.3, -0.25) is 4.98 Å². The van der Waals surface area contributed by atoms with Crippen molar-refractivity contribution in [1.29, 1.82) is 0 Å². The van der Waals surface area contributed by atoms with Crippen molar-refractivity contribution in [3.8, 4) is 11.6 Å². The topological polar surface area (TPSA) is 47.0 Å². The second kappa shape index (κ2) is 6.68. The third kappa shape index (κ3) is 4.18. The quantitative estimate of drug-likeness (QED) is 0.912. The van der Waals surface area contributed by atoms with Crippen LogP contribution in [0.4, 0.5) is 0 Å². The number of aromatic nitrogens is 2. The molecule has 2 aromatic heterocycles. The number of ether oxygens (including phenoxy) is 1. The molecule has 2 aromatic rings. The highest BCUT2D eigenvalue weighted by atomic mass is 35.5. The van der Waals surface area contributed by atoms with Crippen molar-refractivity contribution < 1.29 is 4.74 Å². The summed E-state index contributed by atoms with van der Waals surface area (Å²) >= 11 is 5.87. The predicted molar refractivity (Wildman–Crippen MR) is 80.3 cm³/mol. The molecule has 4 nitrogen and oxygen atoms in total. The van der Waals surface area contributed by atoms with Crippen LogP contribution in [0.15, 0.2) is 30.6 Å². The zero-order chi connectivity index (χ0) is 14.5. The van der Waals surface area contributed by atoms with Crippen molar-refractivity contribution in [2.75, 3.05) is 0 Å². The second-order valence-electron chi connectivity index (χ2n) is 4.87. The van der Waals surface area contributed by atoms with Gasteiger partial charge in [-0.25, -0.2) is 4.98 Å². The van der Waals surface area contributed by atoms with Gasteiger partial charge in [-0.05, 0) is 12.5 Å². The minimum atomic E-state index is 0.447. The van der Waals surface area contributed by atoms with E-state index in [9.17, 15) is 0 Å². The van der Waals surface area contributed by atoms with Gasteiger partial charge in [0.25, 0.3) is 0 Å². The van der Waals surface area contributed by atoms with Crippen LogP contribution < -0.4 is 10.1 Å². The van der Waals surface area contributed by atoms with Crippen LogP contribution in [-0.2, 0) is 6.54 Å². The Balaban J connectivity index is 2.09. The van der Waals surface area contributed by atoms with E-state index in [4.69, 9.17) is 16.3 Å². The first-order valence-electron chi connectivity index (χ1n) is 6.53. The van der Waals surface area contributed by atoms with Gasteiger partial charge >= 0.3 is 0 Å². The van der Waals surface area contributed by atoms with E-state index in [1.807, 2.05) is 19.1 Å². The summed E-state index contributed by atoms with van der Waals surface area (Å²) in [6.45, 7) is 7.01. The molecule has 2 rings (SSSR count). The summed E-state index contributed by atoms with van der Waals surface area (Å²) in [5.74, 6) is 1.12. The van der Waals surface area contributed by atoms with E-state index in [2.05, 4.69) is 29.1 Å². The summed E-state index contributed by atoms with van der Waals surface area (Å²) in [5, 5.41) is 3.91. The van der Waals surface area contributed by atoms with Gasteiger partial charge in [0.1, 0.15) is 5.75 Å². The van der Waals surface area contributed by atoms with Crippen LogP contribution >= 0.6 is 11.6 Å². The molecule has 20 heavy (non-hydrogen) atoms. The van der Waals surface area contributed by atoms with Crippen LogP contribution in [-0.4, -0.2) is 16.0 Å². The Morgan fingerprint density at radius 3 is 2.75 bits per heavy atom. The number of nitrogens with zero attached hydrogens (tertiary/aromatic N) is 2. The zero-order valence-electron chi connectivity index (χ0n) is 11.9. The van der Waals surface area contributed by atoms with E-state index in [0.717, 1.165) is 17.8 Å². The molecule has 0 aromatic carbocycles. The van der Waals surface area contributed by atoms with Gasteiger partial charge in [-0.2, -0.15) is 0 Å². The number of halogens is 1. The molecule has 0 amide bonds. The molecule has 2 heterocycles. The molecule has 106 valence electrons. The standard InChI is InChI=1S/C15H18ClN3O/c1-10(2)18-7-12-4-5-15(19-11(12)3)20-14-6-13(16)8-17-9-14/h4-6,8-10,18H,7H2,1-3H3. The number of aryl methyl sites for hydroxylation is 1. The molecule has 0 aliphatic carbocycles. The van der Waals surface area contributed by atoms with Gasteiger partial charge in [0.05, 0.1) is 11.2 Å². The van der Waals surface area contributed by atoms with E-state index in [1.54, 1.807) is 18.5 Å². The Morgan fingerprint density at radius 2 is 2.10 bits per heavy atom. The molecule has 0 spiro atoms. The zero-order valence-corrected chi connectivity index (χ0v) is 12.6. The highest BCUT2D eigenvalue weighted by molar-refractivity contribution is 6.30. The van der Waals surface area contributed by atoms with E-state index in [-0.39, 0.29) is 0 Å². The van der Waals surface area contributed by atoms with Crippen LogP contribution in [0.25, 0.3) is 0 Å². The van der Waals surface area contributed by atoms with E-state index in [1.165, 1.54) is 0 Å². The van der Waals surface area contributed by atoms with Crippen molar-refractivity contribution in [3.05, 3.63) is 46.9 Å². The van der Waals surface area contributed by atoms with Crippen molar-refractivity contribution in [3.63, 3.8) is 0 Å². The lowest BCUT2D eigenvalue weighted by Gasteiger charge is -2.11. The van der Waals surface area contributed by atoms with Crippen molar-refractivity contribution in [2.45, 2.75) is 33.4 Å². The van der Waals surface area contributed by atoms with Gasteiger partial charge in [-0.15, -0.1) is 0 Å². The lowest BCUT2D eigenvalue weighted by molar-refractivity contribution is 0.458. The molecular formula is C15H18ClN3O. The third-order valence-corrected chi connectivity index (χ3v) is 2.98. The Hall–Kier alpha value is -1.65. The molecule has 0 saturated carbocycles. The van der Waals surface area contributed by atoms with Gasteiger partial charge in [0, 0.05) is 36.6 Å². The maximum absolute atomic E-state index is 5.87. The molecule has 0 unspecified atom stereocenters. The Kier molecular flexibility index (Phi) is 4.93. The van der Waals surface area contributed by atoms with Crippen molar-refractivity contribution in [2.24, 2.45) is 0 Å². The lowest BCUT2D eigenvalue weighted by atomic mass is 10.2. The fourth-order valence-electron chi connectivity index (χ4n) is 1.69. The van der Waals surface area contributed by atoms with Crippen molar-refractivity contribution >= 4 is 11.6 Å². The largest absolute Gasteiger partial charge is 0.437 e. The molecule has 0 bridgehead atoms. The van der Waals surface area contributed by atoms with Gasteiger partial charge in [0.15, 0.2) is 0 Å². The Labute approximate surface area is 124 Å². The number of rotatable bonds is 5. The molecule has 0 aliphatic rings. The van der Waals surface area contributed by atoms with Crippen LogP contribution in [0.1, 0.15) is 25.1 Å². The Morgan fingerprint density at radius 1 is 1.30 bits per heavy atom. The fraction of sp³-hybridized carbons (Fsp3) is 0.333. The molecule has 0 saturated heterocycles. The molecular weight excluding hydrogens is 274 g/mol. The van der Waals surface area contributed by atoms with Crippen LogP contribution in [0, 0.1) is 6.92 Å². The number of hydrogen-bond acceptors (Lipinski definition) is 4. The van der Waals surface area contributed by atoms with E-state index in [0.29, 0.717) is 22.7 Å². The average molecular weight is 292 g/mol. The average Bonchev–Trinajstić information content (AvgIpc) is 2.37. The van der Waals surface area contributed by atoms with Crippen LogP contribution in [0.2, 0.25) is 5.02 Å². The lowest BCUT2D eigenvalue weighted by Crippen LogP contribution is -2.22. The van der Waals surface area contributed by atoms with Crippen LogP contribution in [0.3, 0.4) is 0 Å². The Bertz CT molecular complexity index is 587. The summed E-state index contributed by atoms with van der Waals surface area (Å²) in [6.07, 6.45) is 3.17. The van der Waals surface area contributed by atoms with Gasteiger partial charge < -0.3 is 10.1 Å². The molecule has 0 atom stereocenters. The number of nitrogens with one attached hydrogen (secondary N) is 1. The monoisotopic (exact) mass is 291 g/mol. The summed E-state index contributed by atoms with van der Waals surface area (Å²) in [6, 6.07) is 6.03. The number of hydrogen-bond donors (Lipinski definition) is 1. The fourth-order valence-corrected chi connectivity index (χ4v) is 1.86. The van der Waals surface area contributed by atoms with Gasteiger partial charge in [0.2, 0.25) is 5.88 Å².